The predicted molar refractivity (Wildman–Crippen MR) is 130 cm³/mol. The summed E-state index contributed by atoms with van der Waals surface area (Å²) in [5.41, 5.74) is 3.98. The highest BCUT2D eigenvalue weighted by atomic mass is 16.5. The Hall–Kier alpha value is -3.86. The number of nitrogens with zero attached hydrogens (tertiary/aromatic N) is 1. The van der Waals surface area contributed by atoms with Crippen molar-refractivity contribution in [2.45, 2.75) is 26.2 Å². The van der Waals surface area contributed by atoms with Crippen LogP contribution in [0.1, 0.15) is 52.6 Å². The third-order valence-corrected chi connectivity index (χ3v) is 5.55. The van der Waals surface area contributed by atoms with E-state index in [1.165, 1.54) is 0 Å². The van der Waals surface area contributed by atoms with E-state index in [2.05, 4.69) is 20.8 Å². The maximum atomic E-state index is 12.7. The number of allylic oxidation sites excluding steroid dienone is 1. The number of ketones is 1. The van der Waals surface area contributed by atoms with Gasteiger partial charge in [-0.05, 0) is 59.0 Å². The van der Waals surface area contributed by atoms with Crippen LogP contribution in [0.4, 0.5) is 5.69 Å². The van der Waals surface area contributed by atoms with Crippen molar-refractivity contribution in [1.82, 2.24) is 0 Å². The van der Waals surface area contributed by atoms with Crippen LogP contribution in [0, 0.1) is 0 Å². The van der Waals surface area contributed by atoms with Crippen molar-refractivity contribution >= 4 is 23.5 Å². The Morgan fingerprint density at radius 1 is 0.939 bits per heavy atom. The van der Waals surface area contributed by atoms with E-state index in [0.717, 1.165) is 16.8 Å². The van der Waals surface area contributed by atoms with Gasteiger partial charge in [-0.3, -0.25) is 4.79 Å². The van der Waals surface area contributed by atoms with Crippen molar-refractivity contribution < 1.29 is 19.1 Å². The molecule has 5 heteroatoms. The third kappa shape index (κ3) is 4.82. The van der Waals surface area contributed by atoms with Gasteiger partial charge in [0.25, 0.3) is 0 Å². The number of carbonyl (C=O) groups is 2. The molecule has 0 aromatic heterocycles. The summed E-state index contributed by atoms with van der Waals surface area (Å²) in [5, 5.41) is 0. The van der Waals surface area contributed by atoms with Gasteiger partial charge in [0.1, 0.15) is 11.5 Å². The molecular formula is C28H27NO4. The summed E-state index contributed by atoms with van der Waals surface area (Å²) >= 11 is 0. The fraction of sp³-hybridized carbons (Fsp3) is 0.214. The largest absolute Gasteiger partial charge is 0.452 e. The van der Waals surface area contributed by atoms with E-state index in [9.17, 15) is 9.59 Å². The molecule has 0 aliphatic carbocycles. The lowest BCUT2D eigenvalue weighted by Crippen LogP contribution is -2.12. The maximum Gasteiger partial charge on any atom is 0.343 e. The molecule has 3 aromatic rings. The number of carbonyl (C=O) groups excluding carboxylic acids is 2. The van der Waals surface area contributed by atoms with E-state index < -0.39 is 5.97 Å². The quantitative estimate of drug-likeness (QED) is 0.287. The molecule has 33 heavy (non-hydrogen) atoms. The first-order valence-corrected chi connectivity index (χ1v) is 10.8. The number of esters is 1. The van der Waals surface area contributed by atoms with Gasteiger partial charge in [0.15, 0.2) is 5.76 Å². The molecule has 5 nitrogen and oxygen atoms in total. The van der Waals surface area contributed by atoms with Crippen LogP contribution >= 0.6 is 0 Å². The number of fused-ring (bicyclic) bond motifs is 1. The number of ether oxygens (including phenoxy) is 2. The molecule has 1 heterocycles. The van der Waals surface area contributed by atoms with Crippen LogP contribution < -0.4 is 14.4 Å². The Balaban J connectivity index is 1.49. The molecular weight excluding hydrogens is 414 g/mol. The second-order valence-electron chi connectivity index (χ2n) is 9.30. The Morgan fingerprint density at radius 3 is 2.21 bits per heavy atom. The fourth-order valence-electron chi connectivity index (χ4n) is 3.52. The van der Waals surface area contributed by atoms with E-state index in [0.29, 0.717) is 22.6 Å². The average molecular weight is 442 g/mol. The Morgan fingerprint density at radius 2 is 1.61 bits per heavy atom. The summed E-state index contributed by atoms with van der Waals surface area (Å²) in [4.78, 5) is 27.3. The van der Waals surface area contributed by atoms with E-state index in [4.69, 9.17) is 9.47 Å². The monoisotopic (exact) mass is 441 g/mol. The normalized spacial score (nSPS) is 14.1. The lowest BCUT2D eigenvalue weighted by molar-refractivity contribution is 0.0734. The second-order valence-corrected chi connectivity index (χ2v) is 9.30. The molecule has 4 rings (SSSR count). The molecule has 0 unspecified atom stereocenters. The molecule has 0 fully saturated rings. The van der Waals surface area contributed by atoms with Crippen LogP contribution in [0.15, 0.2) is 72.5 Å². The van der Waals surface area contributed by atoms with Gasteiger partial charge >= 0.3 is 5.97 Å². The summed E-state index contributed by atoms with van der Waals surface area (Å²) < 4.78 is 11.3. The summed E-state index contributed by atoms with van der Waals surface area (Å²) in [6.45, 7) is 6.36. The zero-order valence-electron chi connectivity index (χ0n) is 19.5. The van der Waals surface area contributed by atoms with Gasteiger partial charge < -0.3 is 14.4 Å². The highest BCUT2D eigenvalue weighted by molar-refractivity contribution is 6.14. The van der Waals surface area contributed by atoms with Crippen LogP contribution in [-0.4, -0.2) is 25.8 Å². The van der Waals surface area contributed by atoms with Gasteiger partial charge in [0.05, 0.1) is 11.1 Å². The van der Waals surface area contributed by atoms with Crippen LogP contribution in [0.3, 0.4) is 0 Å². The van der Waals surface area contributed by atoms with E-state index >= 15 is 0 Å². The topological polar surface area (TPSA) is 55.8 Å². The maximum absolute atomic E-state index is 12.7. The highest BCUT2D eigenvalue weighted by Gasteiger charge is 2.28. The van der Waals surface area contributed by atoms with Crippen molar-refractivity contribution in [1.29, 1.82) is 0 Å². The predicted octanol–water partition coefficient (Wildman–Crippen LogP) is 5.89. The third-order valence-electron chi connectivity index (χ3n) is 5.55. The molecule has 0 atom stereocenters. The molecule has 0 radical (unpaired) electrons. The average Bonchev–Trinajstić information content (AvgIpc) is 3.08. The van der Waals surface area contributed by atoms with Gasteiger partial charge in [-0.15, -0.1) is 0 Å². The zero-order chi connectivity index (χ0) is 23.8. The number of rotatable bonds is 4. The first-order valence-electron chi connectivity index (χ1n) is 10.8. The van der Waals surface area contributed by atoms with Gasteiger partial charge in [0, 0.05) is 25.8 Å². The fourth-order valence-corrected chi connectivity index (χ4v) is 3.52. The lowest BCUT2D eigenvalue weighted by atomic mass is 9.87. The molecule has 1 aliphatic heterocycles. The molecule has 3 aromatic carbocycles. The zero-order valence-corrected chi connectivity index (χ0v) is 19.5. The van der Waals surface area contributed by atoms with Crippen LogP contribution in [-0.2, 0) is 5.41 Å². The Labute approximate surface area is 194 Å². The van der Waals surface area contributed by atoms with Crippen molar-refractivity contribution in [3.63, 3.8) is 0 Å². The molecule has 0 N–H and O–H groups in total. The van der Waals surface area contributed by atoms with E-state index in [-0.39, 0.29) is 17.0 Å². The molecule has 0 bridgehead atoms. The van der Waals surface area contributed by atoms with Crippen molar-refractivity contribution in [2.75, 3.05) is 19.0 Å². The smallest absolute Gasteiger partial charge is 0.343 e. The van der Waals surface area contributed by atoms with E-state index in [1.807, 2.05) is 55.4 Å². The number of hydrogen-bond donors (Lipinski definition) is 0. The standard InChI is InChI=1S/C28H27NO4/c1-28(2,3)20-10-8-19(9-11-20)27(31)32-22-14-15-23-24(17-22)33-25(26(23)30)16-18-6-12-21(13-7-18)29(4)5/h6-17H,1-5H3/b25-16-. The summed E-state index contributed by atoms with van der Waals surface area (Å²) in [5.74, 6) is 0.283. The minimum absolute atomic E-state index is 0.00586. The lowest BCUT2D eigenvalue weighted by Gasteiger charge is -2.18. The van der Waals surface area contributed by atoms with Crippen LogP contribution in [0.25, 0.3) is 6.08 Å². The molecule has 0 saturated carbocycles. The Bertz CT molecular complexity index is 1230. The molecule has 0 saturated heterocycles. The molecule has 1 aliphatic rings. The summed E-state index contributed by atoms with van der Waals surface area (Å²) in [6, 6.07) is 20.0. The molecule has 168 valence electrons. The van der Waals surface area contributed by atoms with Gasteiger partial charge in [-0.2, -0.15) is 0 Å². The second kappa shape index (κ2) is 8.58. The van der Waals surface area contributed by atoms with Gasteiger partial charge in [-0.25, -0.2) is 4.79 Å². The number of benzene rings is 3. The van der Waals surface area contributed by atoms with E-state index in [1.54, 1.807) is 36.4 Å². The van der Waals surface area contributed by atoms with Crippen molar-refractivity contribution in [2.24, 2.45) is 0 Å². The van der Waals surface area contributed by atoms with Crippen LogP contribution in [0.2, 0.25) is 0 Å². The molecule has 0 spiro atoms. The van der Waals surface area contributed by atoms with Crippen molar-refractivity contribution in [3.8, 4) is 11.5 Å². The van der Waals surface area contributed by atoms with Crippen molar-refractivity contribution in [3.05, 3.63) is 94.7 Å². The minimum Gasteiger partial charge on any atom is -0.452 e. The first kappa shape index (κ1) is 22.3. The Kier molecular flexibility index (Phi) is 5.81. The van der Waals surface area contributed by atoms with Gasteiger partial charge in [0.2, 0.25) is 5.78 Å². The summed E-state index contributed by atoms with van der Waals surface area (Å²) in [7, 11) is 3.94. The van der Waals surface area contributed by atoms with Crippen LogP contribution in [0.5, 0.6) is 11.5 Å². The number of anilines is 1. The molecule has 0 amide bonds. The van der Waals surface area contributed by atoms with Gasteiger partial charge in [-0.1, -0.05) is 45.0 Å². The minimum atomic E-state index is -0.462. The number of hydrogen-bond acceptors (Lipinski definition) is 5. The first-order chi connectivity index (χ1) is 15.6. The number of Topliss-reactive ketones (excluding diaryl/α,β-unsaturated/α-hetero) is 1. The highest BCUT2D eigenvalue weighted by Crippen LogP contribution is 2.35. The summed E-state index contributed by atoms with van der Waals surface area (Å²) in [6.07, 6.45) is 1.71. The SMILES string of the molecule is CN(C)c1ccc(/C=C2\Oc3cc(OC(=O)c4ccc(C(C)(C)C)cc4)ccc3C2=O)cc1.